The summed E-state index contributed by atoms with van der Waals surface area (Å²) in [5, 5.41) is 9.72. The van der Waals surface area contributed by atoms with Gasteiger partial charge in [-0.2, -0.15) is 0 Å². The van der Waals surface area contributed by atoms with Crippen LogP contribution in [0.4, 0.5) is 0 Å². The van der Waals surface area contributed by atoms with Crippen LogP contribution in [-0.2, 0) is 4.79 Å². The molecule has 1 fully saturated rings. The van der Waals surface area contributed by atoms with Crippen molar-refractivity contribution in [1.29, 1.82) is 0 Å². The number of piperazine rings is 1. The summed E-state index contributed by atoms with van der Waals surface area (Å²) in [4.78, 5) is 15.2. The van der Waals surface area contributed by atoms with Gasteiger partial charge in [-0.15, -0.1) is 0 Å². The number of rotatable bonds is 5. The fourth-order valence-electron chi connectivity index (χ4n) is 2.05. The quantitative estimate of drug-likeness (QED) is 0.529. The molecule has 5 N–H and O–H groups in total. The molecule has 6 heteroatoms. The Bertz CT molecular complexity index is 257. The lowest BCUT2D eigenvalue weighted by Crippen LogP contribution is -2.54. The minimum absolute atomic E-state index is 0.455. The molecule has 100 valence electrons. The average molecular weight is 244 g/mol. The van der Waals surface area contributed by atoms with Crippen LogP contribution in [0.1, 0.15) is 13.8 Å². The van der Waals surface area contributed by atoms with Gasteiger partial charge < -0.3 is 16.6 Å². The summed E-state index contributed by atoms with van der Waals surface area (Å²) in [7, 11) is 0. The van der Waals surface area contributed by atoms with E-state index in [4.69, 9.17) is 11.5 Å². The van der Waals surface area contributed by atoms with E-state index in [1.807, 2.05) is 13.8 Å². The summed E-state index contributed by atoms with van der Waals surface area (Å²) in [6.45, 7) is 8.29. The van der Waals surface area contributed by atoms with Crippen molar-refractivity contribution < 1.29 is 9.90 Å². The fourth-order valence-corrected chi connectivity index (χ4v) is 2.05. The Labute approximate surface area is 103 Å². The number of carbonyl (C=O) groups excluding carboxylic acids is 1. The van der Waals surface area contributed by atoms with E-state index in [1.54, 1.807) is 0 Å². The predicted molar refractivity (Wildman–Crippen MR) is 66.3 cm³/mol. The van der Waals surface area contributed by atoms with Crippen LogP contribution in [-0.4, -0.2) is 71.7 Å². The molecular formula is C11H24N4O2. The lowest BCUT2D eigenvalue weighted by molar-refractivity contribution is -0.119. The number of primary amides is 1. The third-order valence-electron chi connectivity index (χ3n) is 2.90. The van der Waals surface area contributed by atoms with E-state index in [0.717, 1.165) is 26.2 Å². The molecule has 0 aromatic heterocycles. The van der Waals surface area contributed by atoms with Crippen molar-refractivity contribution in [2.75, 3.05) is 39.3 Å². The lowest BCUT2D eigenvalue weighted by atomic mass is 10.1. The number of nitrogens with zero attached hydrogens (tertiary/aromatic N) is 2. The van der Waals surface area contributed by atoms with E-state index >= 15 is 0 Å². The smallest absolute Gasteiger partial charge is 0.235 e. The molecule has 1 saturated heterocycles. The maximum absolute atomic E-state index is 10.9. The molecule has 0 aromatic carbocycles. The van der Waals surface area contributed by atoms with Gasteiger partial charge in [-0.25, -0.2) is 0 Å². The number of nitrogens with two attached hydrogens (primary N) is 2. The summed E-state index contributed by atoms with van der Waals surface area (Å²) in [5.41, 5.74) is 10.1. The zero-order chi connectivity index (χ0) is 13.1. The van der Waals surface area contributed by atoms with E-state index in [1.165, 1.54) is 0 Å². The maximum Gasteiger partial charge on any atom is 0.235 e. The minimum Gasteiger partial charge on any atom is -0.389 e. The van der Waals surface area contributed by atoms with Gasteiger partial charge in [0.2, 0.25) is 5.91 Å². The van der Waals surface area contributed by atoms with Gasteiger partial charge in [-0.3, -0.25) is 14.6 Å². The van der Waals surface area contributed by atoms with E-state index in [2.05, 4.69) is 9.80 Å². The zero-order valence-corrected chi connectivity index (χ0v) is 10.7. The SMILES string of the molecule is CC(C)(O)CN1CCN(CC(N)C(N)=O)CC1. The van der Waals surface area contributed by atoms with Crippen LogP contribution >= 0.6 is 0 Å². The number of hydrogen-bond acceptors (Lipinski definition) is 5. The summed E-state index contributed by atoms with van der Waals surface area (Å²) in [6, 6.07) is -0.587. The standard InChI is InChI=1S/C11H24N4O2/c1-11(2,17)8-15-5-3-14(4-6-15)7-9(12)10(13)16/h9,17H,3-8,12H2,1-2H3,(H2,13,16). The normalized spacial score (nSPS) is 21.4. The third kappa shape index (κ3) is 5.45. The monoisotopic (exact) mass is 244 g/mol. The average Bonchev–Trinajstić information content (AvgIpc) is 2.18. The summed E-state index contributed by atoms with van der Waals surface area (Å²) < 4.78 is 0. The van der Waals surface area contributed by atoms with Crippen LogP contribution in [0.5, 0.6) is 0 Å². The second kappa shape index (κ2) is 5.77. The van der Waals surface area contributed by atoms with E-state index in [9.17, 15) is 9.90 Å². The van der Waals surface area contributed by atoms with Crippen molar-refractivity contribution in [2.24, 2.45) is 11.5 Å². The van der Waals surface area contributed by atoms with Crippen LogP contribution in [0.2, 0.25) is 0 Å². The summed E-state index contributed by atoms with van der Waals surface area (Å²) in [5.74, 6) is -0.455. The highest BCUT2D eigenvalue weighted by atomic mass is 16.3. The molecule has 0 aromatic rings. The molecule has 1 unspecified atom stereocenters. The Balaban J connectivity index is 2.29. The number of amides is 1. The molecule has 1 aliphatic rings. The molecule has 1 heterocycles. The second-order valence-electron chi connectivity index (χ2n) is 5.40. The molecule has 0 bridgehead atoms. The molecule has 6 nitrogen and oxygen atoms in total. The van der Waals surface area contributed by atoms with Gasteiger partial charge in [0, 0.05) is 39.3 Å². The van der Waals surface area contributed by atoms with Gasteiger partial charge in [-0.1, -0.05) is 0 Å². The first-order valence-corrected chi connectivity index (χ1v) is 6.00. The Morgan fingerprint density at radius 2 is 1.76 bits per heavy atom. The highest BCUT2D eigenvalue weighted by Crippen LogP contribution is 2.08. The lowest BCUT2D eigenvalue weighted by Gasteiger charge is -2.37. The van der Waals surface area contributed by atoms with Crippen molar-refractivity contribution in [2.45, 2.75) is 25.5 Å². The summed E-state index contributed by atoms with van der Waals surface area (Å²) >= 11 is 0. The zero-order valence-electron chi connectivity index (χ0n) is 10.7. The van der Waals surface area contributed by atoms with E-state index in [-0.39, 0.29) is 0 Å². The van der Waals surface area contributed by atoms with Crippen molar-refractivity contribution >= 4 is 5.91 Å². The largest absolute Gasteiger partial charge is 0.389 e. The summed E-state index contributed by atoms with van der Waals surface area (Å²) in [6.07, 6.45) is 0. The van der Waals surface area contributed by atoms with Gasteiger partial charge in [0.05, 0.1) is 11.6 Å². The van der Waals surface area contributed by atoms with E-state index < -0.39 is 17.6 Å². The molecule has 0 spiro atoms. The third-order valence-corrected chi connectivity index (χ3v) is 2.90. The topological polar surface area (TPSA) is 95.8 Å². The first-order chi connectivity index (χ1) is 7.78. The molecule has 0 radical (unpaired) electrons. The highest BCUT2D eigenvalue weighted by Gasteiger charge is 2.24. The molecule has 17 heavy (non-hydrogen) atoms. The molecule has 0 aliphatic carbocycles. The molecule has 1 amide bonds. The van der Waals surface area contributed by atoms with Crippen LogP contribution in [0.3, 0.4) is 0 Å². The fraction of sp³-hybridized carbons (Fsp3) is 0.909. The number of carbonyl (C=O) groups is 1. The minimum atomic E-state index is -0.661. The number of hydrogen-bond donors (Lipinski definition) is 3. The van der Waals surface area contributed by atoms with Crippen molar-refractivity contribution in [3.05, 3.63) is 0 Å². The van der Waals surface area contributed by atoms with Crippen molar-refractivity contribution in [3.63, 3.8) is 0 Å². The van der Waals surface area contributed by atoms with Crippen LogP contribution in [0.25, 0.3) is 0 Å². The van der Waals surface area contributed by atoms with Gasteiger partial charge in [0.25, 0.3) is 0 Å². The Morgan fingerprint density at radius 1 is 1.29 bits per heavy atom. The van der Waals surface area contributed by atoms with E-state index in [0.29, 0.717) is 13.1 Å². The van der Waals surface area contributed by atoms with Gasteiger partial charge in [0.1, 0.15) is 0 Å². The first-order valence-electron chi connectivity index (χ1n) is 6.00. The molecule has 1 rings (SSSR count). The van der Waals surface area contributed by atoms with Crippen LogP contribution in [0, 0.1) is 0 Å². The Kier molecular flexibility index (Phi) is 4.88. The Hall–Kier alpha value is -0.690. The second-order valence-corrected chi connectivity index (χ2v) is 5.40. The molecule has 1 aliphatic heterocycles. The van der Waals surface area contributed by atoms with Crippen LogP contribution < -0.4 is 11.5 Å². The number of β-amino-alcohol motifs (C(OH)–C–C–N with tert-alkyl or cyclic N) is 1. The van der Waals surface area contributed by atoms with Crippen LogP contribution in [0.15, 0.2) is 0 Å². The van der Waals surface area contributed by atoms with Gasteiger partial charge >= 0.3 is 0 Å². The maximum atomic E-state index is 10.9. The predicted octanol–water partition coefficient (Wildman–Crippen LogP) is -1.81. The highest BCUT2D eigenvalue weighted by molar-refractivity contribution is 5.79. The molecule has 0 saturated carbocycles. The molecule has 1 atom stereocenters. The Morgan fingerprint density at radius 3 is 2.18 bits per heavy atom. The van der Waals surface area contributed by atoms with Gasteiger partial charge in [-0.05, 0) is 13.8 Å². The molecular weight excluding hydrogens is 220 g/mol. The first kappa shape index (κ1) is 14.4. The number of aliphatic hydroxyl groups is 1. The van der Waals surface area contributed by atoms with Crippen molar-refractivity contribution in [3.8, 4) is 0 Å². The van der Waals surface area contributed by atoms with Crippen molar-refractivity contribution in [1.82, 2.24) is 9.80 Å². The van der Waals surface area contributed by atoms with Gasteiger partial charge in [0.15, 0.2) is 0 Å².